The number of carbonyl (C=O) groups excluding carboxylic acids is 1. The third-order valence-corrected chi connectivity index (χ3v) is 2.10. The second-order valence-corrected chi connectivity index (χ2v) is 3.51. The van der Waals surface area contributed by atoms with Crippen LogP contribution in [0.5, 0.6) is 5.75 Å². The van der Waals surface area contributed by atoms with Gasteiger partial charge in [0.25, 0.3) is 0 Å². The molecule has 0 bridgehead atoms. The fourth-order valence-electron chi connectivity index (χ4n) is 1.20. The molecule has 2 nitrogen and oxygen atoms in total. The number of aldehydes is 1. The maximum absolute atomic E-state index is 13.2. The molecule has 1 aromatic carbocycles. The summed E-state index contributed by atoms with van der Waals surface area (Å²) in [5.74, 6) is -2.04. The molecule has 1 atom stereocenters. The van der Waals surface area contributed by atoms with E-state index in [1.54, 1.807) is 0 Å². The Morgan fingerprint density at radius 2 is 2.00 bits per heavy atom. The van der Waals surface area contributed by atoms with Crippen molar-refractivity contribution in [3.05, 3.63) is 29.3 Å². The minimum Gasteiger partial charge on any atom is -0.491 e. The van der Waals surface area contributed by atoms with E-state index < -0.39 is 22.8 Å². The third kappa shape index (κ3) is 2.89. The van der Waals surface area contributed by atoms with Crippen LogP contribution in [0.1, 0.15) is 5.56 Å². The SMILES string of the molecule is COc1c(F)cc(CC(Cl)C=O)cc1F. The second-order valence-electron chi connectivity index (χ2n) is 2.95. The van der Waals surface area contributed by atoms with Crippen LogP contribution < -0.4 is 4.74 Å². The van der Waals surface area contributed by atoms with Crippen LogP contribution in [0.25, 0.3) is 0 Å². The molecule has 0 amide bonds. The normalized spacial score (nSPS) is 12.3. The Labute approximate surface area is 90.8 Å². The molecule has 0 radical (unpaired) electrons. The van der Waals surface area contributed by atoms with Crippen LogP contribution in [0.2, 0.25) is 0 Å². The molecule has 0 aliphatic carbocycles. The van der Waals surface area contributed by atoms with Crippen molar-refractivity contribution in [2.45, 2.75) is 11.8 Å². The summed E-state index contributed by atoms with van der Waals surface area (Å²) in [5, 5.41) is -0.780. The van der Waals surface area contributed by atoms with Gasteiger partial charge in [0, 0.05) is 0 Å². The first-order valence-corrected chi connectivity index (χ1v) is 4.63. The quantitative estimate of drug-likeness (QED) is 0.590. The number of alkyl halides is 1. The van der Waals surface area contributed by atoms with Crippen molar-refractivity contribution in [2.24, 2.45) is 0 Å². The zero-order chi connectivity index (χ0) is 11.4. The lowest BCUT2D eigenvalue weighted by molar-refractivity contribution is -0.107. The Hall–Kier alpha value is -1.16. The molecule has 0 aliphatic heterocycles. The highest BCUT2D eigenvalue weighted by Crippen LogP contribution is 2.23. The predicted molar refractivity (Wildman–Crippen MR) is 52.3 cm³/mol. The van der Waals surface area contributed by atoms with Crippen molar-refractivity contribution < 1.29 is 18.3 Å². The number of hydrogen-bond donors (Lipinski definition) is 0. The van der Waals surface area contributed by atoms with E-state index in [-0.39, 0.29) is 6.42 Å². The van der Waals surface area contributed by atoms with Gasteiger partial charge in [0.05, 0.1) is 12.5 Å². The summed E-state index contributed by atoms with van der Waals surface area (Å²) < 4.78 is 30.8. The average Bonchev–Trinajstić information content (AvgIpc) is 2.17. The van der Waals surface area contributed by atoms with Gasteiger partial charge in [-0.1, -0.05) is 0 Å². The molecule has 5 heteroatoms. The van der Waals surface area contributed by atoms with E-state index in [9.17, 15) is 13.6 Å². The van der Waals surface area contributed by atoms with Crippen molar-refractivity contribution in [2.75, 3.05) is 7.11 Å². The van der Waals surface area contributed by atoms with Crippen molar-refractivity contribution in [1.82, 2.24) is 0 Å². The van der Waals surface area contributed by atoms with Gasteiger partial charge >= 0.3 is 0 Å². The Balaban J connectivity index is 2.98. The van der Waals surface area contributed by atoms with Gasteiger partial charge in [-0.05, 0) is 24.1 Å². The van der Waals surface area contributed by atoms with Crippen LogP contribution in [0.15, 0.2) is 12.1 Å². The summed E-state index contributed by atoms with van der Waals surface area (Å²) in [6.45, 7) is 0. The molecule has 0 spiro atoms. The van der Waals surface area contributed by atoms with Crippen molar-refractivity contribution in [3.63, 3.8) is 0 Å². The molecule has 0 heterocycles. The summed E-state index contributed by atoms with van der Waals surface area (Å²) in [4.78, 5) is 10.3. The minimum atomic E-state index is -0.803. The lowest BCUT2D eigenvalue weighted by Gasteiger charge is -2.07. The highest BCUT2D eigenvalue weighted by atomic mass is 35.5. The second kappa shape index (κ2) is 5.07. The van der Waals surface area contributed by atoms with E-state index in [2.05, 4.69) is 4.74 Å². The number of carbonyl (C=O) groups is 1. The number of halogens is 3. The molecule has 0 fully saturated rings. The van der Waals surface area contributed by atoms with Gasteiger partial charge in [-0.15, -0.1) is 11.6 Å². The van der Waals surface area contributed by atoms with Crippen LogP contribution in [-0.2, 0) is 11.2 Å². The van der Waals surface area contributed by atoms with Gasteiger partial charge in [-0.25, -0.2) is 8.78 Å². The largest absolute Gasteiger partial charge is 0.491 e. The lowest BCUT2D eigenvalue weighted by atomic mass is 10.1. The molecule has 15 heavy (non-hydrogen) atoms. The molecule has 0 saturated heterocycles. The number of benzene rings is 1. The van der Waals surface area contributed by atoms with Gasteiger partial charge in [0.2, 0.25) is 0 Å². The van der Waals surface area contributed by atoms with Gasteiger partial charge in [-0.3, -0.25) is 0 Å². The lowest BCUT2D eigenvalue weighted by Crippen LogP contribution is -2.05. The maximum atomic E-state index is 13.2. The Kier molecular flexibility index (Phi) is 4.03. The van der Waals surface area contributed by atoms with E-state index in [1.165, 1.54) is 7.11 Å². The molecule has 0 aromatic heterocycles. The van der Waals surface area contributed by atoms with E-state index >= 15 is 0 Å². The molecular formula is C10H9ClF2O2. The first-order chi connectivity index (χ1) is 7.08. The Bertz CT molecular complexity index is 345. The van der Waals surface area contributed by atoms with Crippen LogP contribution in [0, 0.1) is 11.6 Å². The third-order valence-electron chi connectivity index (χ3n) is 1.84. The summed E-state index contributed by atoms with van der Waals surface area (Å²) in [6.07, 6.45) is 0.602. The number of methoxy groups -OCH3 is 1. The smallest absolute Gasteiger partial charge is 0.190 e. The van der Waals surface area contributed by atoms with E-state index in [1.807, 2.05) is 0 Å². The van der Waals surface area contributed by atoms with E-state index in [0.29, 0.717) is 11.8 Å². The summed E-state index contributed by atoms with van der Waals surface area (Å²) in [5.41, 5.74) is 0.318. The summed E-state index contributed by atoms with van der Waals surface area (Å²) in [6, 6.07) is 2.20. The molecule has 1 unspecified atom stereocenters. The monoisotopic (exact) mass is 234 g/mol. The number of hydrogen-bond acceptors (Lipinski definition) is 2. The highest BCUT2D eigenvalue weighted by molar-refractivity contribution is 6.27. The van der Waals surface area contributed by atoms with Gasteiger partial charge in [0.1, 0.15) is 6.29 Å². The highest BCUT2D eigenvalue weighted by Gasteiger charge is 2.13. The number of ether oxygens (including phenoxy) is 1. The van der Waals surface area contributed by atoms with Crippen molar-refractivity contribution in [3.8, 4) is 5.75 Å². The Morgan fingerprint density at radius 3 is 2.40 bits per heavy atom. The molecule has 0 aliphatic rings. The minimum absolute atomic E-state index is 0.0862. The molecule has 1 rings (SSSR count). The first kappa shape index (κ1) is 11.9. The average molecular weight is 235 g/mol. The topological polar surface area (TPSA) is 26.3 Å². The van der Waals surface area contributed by atoms with E-state index in [4.69, 9.17) is 11.6 Å². The molecule has 82 valence electrons. The molecule has 1 aromatic rings. The molecular weight excluding hydrogens is 226 g/mol. The predicted octanol–water partition coefficient (Wildman–Crippen LogP) is 2.32. The van der Waals surface area contributed by atoms with Crippen LogP contribution >= 0.6 is 11.6 Å². The zero-order valence-corrected chi connectivity index (χ0v) is 8.72. The zero-order valence-electron chi connectivity index (χ0n) is 7.97. The van der Waals surface area contributed by atoms with E-state index in [0.717, 1.165) is 12.1 Å². The van der Waals surface area contributed by atoms with Gasteiger partial charge in [-0.2, -0.15) is 0 Å². The van der Waals surface area contributed by atoms with Crippen LogP contribution in [0.4, 0.5) is 8.78 Å². The Morgan fingerprint density at radius 1 is 1.47 bits per heavy atom. The summed E-state index contributed by atoms with van der Waals surface area (Å²) >= 11 is 5.53. The molecule has 0 saturated carbocycles. The first-order valence-electron chi connectivity index (χ1n) is 4.19. The van der Waals surface area contributed by atoms with Crippen LogP contribution in [-0.4, -0.2) is 18.8 Å². The van der Waals surface area contributed by atoms with Gasteiger partial charge < -0.3 is 9.53 Å². The molecule has 0 N–H and O–H groups in total. The van der Waals surface area contributed by atoms with Crippen molar-refractivity contribution >= 4 is 17.9 Å². The standard InChI is InChI=1S/C10H9ClF2O2/c1-15-10-8(12)3-6(4-9(10)13)2-7(11)5-14/h3-5,7H,2H2,1H3. The van der Waals surface area contributed by atoms with Crippen molar-refractivity contribution in [1.29, 1.82) is 0 Å². The maximum Gasteiger partial charge on any atom is 0.190 e. The van der Waals surface area contributed by atoms with Crippen LogP contribution in [0.3, 0.4) is 0 Å². The van der Waals surface area contributed by atoms with Gasteiger partial charge in [0.15, 0.2) is 17.4 Å². The fourth-order valence-corrected chi connectivity index (χ4v) is 1.38. The number of rotatable bonds is 4. The fraction of sp³-hybridized carbons (Fsp3) is 0.300. The summed E-state index contributed by atoms with van der Waals surface area (Å²) in [7, 11) is 1.18.